The molecule has 1 aliphatic heterocycles. The monoisotopic (exact) mass is 382 g/mol. The summed E-state index contributed by atoms with van der Waals surface area (Å²) in [5, 5.41) is 11.1. The molecule has 2 rings (SSSR count). The van der Waals surface area contributed by atoms with E-state index < -0.39 is 17.6 Å². The van der Waals surface area contributed by atoms with E-state index in [-0.39, 0.29) is 37.5 Å². The van der Waals surface area contributed by atoms with Gasteiger partial charge in [0, 0.05) is 32.7 Å². The summed E-state index contributed by atoms with van der Waals surface area (Å²) in [6.07, 6.45) is -3.80. The third kappa shape index (κ3) is 5.96. The number of nitrogens with one attached hydrogen (secondary N) is 1. The Hall–Kier alpha value is -2.60. The van der Waals surface area contributed by atoms with Crippen molar-refractivity contribution < 1.29 is 22.8 Å². The minimum Gasteiger partial charge on any atom is -0.354 e. The van der Waals surface area contributed by atoms with E-state index in [1.54, 1.807) is 0 Å². The summed E-state index contributed by atoms with van der Waals surface area (Å²) in [4.78, 5) is 27.7. The Morgan fingerprint density at radius 2 is 1.89 bits per heavy atom. The molecular weight excluding hydrogens is 361 g/mol. The van der Waals surface area contributed by atoms with Crippen molar-refractivity contribution in [2.75, 3.05) is 39.3 Å². The van der Waals surface area contributed by atoms with E-state index in [4.69, 9.17) is 5.26 Å². The zero-order chi connectivity index (χ0) is 19.9. The second-order valence-electron chi connectivity index (χ2n) is 6.22. The maximum absolute atomic E-state index is 13.1. The lowest BCUT2D eigenvalue weighted by molar-refractivity contribution is -0.138. The van der Waals surface area contributed by atoms with Crippen molar-refractivity contribution in [1.82, 2.24) is 15.1 Å². The van der Waals surface area contributed by atoms with Gasteiger partial charge in [0.2, 0.25) is 5.91 Å². The number of nitrogens with zero attached hydrogens (tertiary/aromatic N) is 3. The van der Waals surface area contributed by atoms with Crippen molar-refractivity contribution in [2.45, 2.75) is 19.0 Å². The molecule has 1 saturated heterocycles. The summed E-state index contributed by atoms with van der Waals surface area (Å²) >= 11 is 0. The molecule has 146 valence electrons. The Bertz CT molecular complexity index is 715. The first-order valence-corrected chi connectivity index (χ1v) is 8.64. The van der Waals surface area contributed by atoms with Crippen LogP contribution in [0.3, 0.4) is 0 Å². The van der Waals surface area contributed by atoms with Crippen LogP contribution in [0.25, 0.3) is 0 Å². The number of halogens is 3. The number of hydrogen-bond donors (Lipinski definition) is 1. The normalized spacial score (nSPS) is 15.7. The van der Waals surface area contributed by atoms with Crippen LogP contribution in [0.5, 0.6) is 0 Å². The fraction of sp³-hybridized carbons (Fsp3) is 0.500. The van der Waals surface area contributed by atoms with Crippen LogP contribution < -0.4 is 5.32 Å². The molecule has 27 heavy (non-hydrogen) atoms. The Morgan fingerprint density at radius 3 is 2.59 bits per heavy atom. The van der Waals surface area contributed by atoms with Gasteiger partial charge in [0.25, 0.3) is 5.91 Å². The average Bonchev–Trinajstić information content (AvgIpc) is 2.86. The summed E-state index contributed by atoms with van der Waals surface area (Å²) in [5.41, 5.74) is -1.29. The molecule has 0 unspecified atom stereocenters. The van der Waals surface area contributed by atoms with E-state index in [0.29, 0.717) is 26.1 Å². The van der Waals surface area contributed by atoms with Crippen molar-refractivity contribution in [3.05, 3.63) is 35.4 Å². The minimum atomic E-state index is -4.59. The SMILES string of the molecule is N#CCCNC(=O)CN1CCCN(C(=O)c2ccccc2C(F)(F)F)CC1. The Balaban J connectivity index is 1.97. The van der Waals surface area contributed by atoms with Gasteiger partial charge in [-0.25, -0.2) is 0 Å². The van der Waals surface area contributed by atoms with Crippen LogP contribution in [0.15, 0.2) is 24.3 Å². The maximum atomic E-state index is 13.1. The molecule has 1 aliphatic rings. The fourth-order valence-corrected chi connectivity index (χ4v) is 2.94. The number of benzene rings is 1. The average molecular weight is 382 g/mol. The van der Waals surface area contributed by atoms with Crippen LogP contribution in [0.2, 0.25) is 0 Å². The molecule has 0 atom stereocenters. The summed E-state index contributed by atoms with van der Waals surface area (Å²) in [6, 6.07) is 6.70. The first kappa shape index (κ1) is 20.7. The molecule has 0 aliphatic carbocycles. The summed E-state index contributed by atoms with van der Waals surface area (Å²) in [6.45, 7) is 1.95. The zero-order valence-electron chi connectivity index (χ0n) is 14.8. The first-order chi connectivity index (χ1) is 12.8. The van der Waals surface area contributed by atoms with Gasteiger partial charge < -0.3 is 10.2 Å². The first-order valence-electron chi connectivity index (χ1n) is 8.64. The Kier molecular flexibility index (Phi) is 7.19. The van der Waals surface area contributed by atoms with E-state index in [9.17, 15) is 22.8 Å². The lowest BCUT2D eigenvalue weighted by Gasteiger charge is -2.23. The van der Waals surface area contributed by atoms with Gasteiger partial charge in [0.1, 0.15) is 0 Å². The standard InChI is InChI=1S/C18H21F3N4O2/c19-18(20,21)15-6-2-1-5-14(15)17(27)25-10-4-9-24(11-12-25)13-16(26)23-8-3-7-22/h1-2,5-6H,3-4,8-13H2,(H,23,26). The molecule has 0 spiro atoms. The van der Waals surface area contributed by atoms with E-state index in [0.717, 1.165) is 6.07 Å². The molecule has 0 saturated carbocycles. The van der Waals surface area contributed by atoms with E-state index in [2.05, 4.69) is 5.32 Å². The topological polar surface area (TPSA) is 76.4 Å². The molecule has 9 heteroatoms. The van der Waals surface area contributed by atoms with Crippen LogP contribution >= 0.6 is 0 Å². The van der Waals surface area contributed by atoms with Crippen molar-refractivity contribution in [3.63, 3.8) is 0 Å². The van der Waals surface area contributed by atoms with Crippen molar-refractivity contribution in [3.8, 4) is 6.07 Å². The van der Waals surface area contributed by atoms with Crippen molar-refractivity contribution >= 4 is 11.8 Å². The summed E-state index contributed by atoms with van der Waals surface area (Å²) in [5.74, 6) is -0.865. The van der Waals surface area contributed by atoms with Crippen molar-refractivity contribution in [1.29, 1.82) is 5.26 Å². The second-order valence-corrected chi connectivity index (χ2v) is 6.22. The maximum Gasteiger partial charge on any atom is 0.417 e. The molecule has 1 heterocycles. The smallest absolute Gasteiger partial charge is 0.354 e. The molecule has 0 aromatic heterocycles. The molecular formula is C18H21F3N4O2. The van der Waals surface area contributed by atoms with Gasteiger partial charge in [0.15, 0.2) is 0 Å². The van der Waals surface area contributed by atoms with Crippen LogP contribution in [0.1, 0.15) is 28.8 Å². The third-order valence-electron chi connectivity index (χ3n) is 4.26. The second kappa shape index (κ2) is 9.37. The van der Waals surface area contributed by atoms with Gasteiger partial charge in [0.05, 0.1) is 30.2 Å². The largest absolute Gasteiger partial charge is 0.417 e. The van der Waals surface area contributed by atoms with Gasteiger partial charge in [-0.2, -0.15) is 18.4 Å². The van der Waals surface area contributed by atoms with Gasteiger partial charge >= 0.3 is 6.18 Å². The van der Waals surface area contributed by atoms with Crippen LogP contribution in [-0.4, -0.2) is 60.9 Å². The van der Waals surface area contributed by atoms with E-state index >= 15 is 0 Å². The quantitative estimate of drug-likeness (QED) is 0.789. The predicted octanol–water partition coefficient (Wildman–Crippen LogP) is 1.88. The minimum absolute atomic E-state index is 0.132. The molecule has 0 radical (unpaired) electrons. The molecule has 1 aromatic carbocycles. The number of alkyl halides is 3. The lowest BCUT2D eigenvalue weighted by atomic mass is 10.1. The van der Waals surface area contributed by atoms with Gasteiger partial charge in [-0.3, -0.25) is 14.5 Å². The molecule has 0 bridgehead atoms. The van der Waals surface area contributed by atoms with E-state index in [1.807, 2.05) is 11.0 Å². The highest BCUT2D eigenvalue weighted by molar-refractivity contribution is 5.96. The highest BCUT2D eigenvalue weighted by atomic mass is 19.4. The Labute approximate surface area is 155 Å². The van der Waals surface area contributed by atoms with E-state index in [1.165, 1.54) is 23.1 Å². The number of hydrogen-bond acceptors (Lipinski definition) is 4. The molecule has 1 N–H and O–H groups in total. The van der Waals surface area contributed by atoms with Gasteiger partial charge in [-0.05, 0) is 18.6 Å². The predicted molar refractivity (Wildman–Crippen MR) is 91.6 cm³/mol. The number of carbonyl (C=O) groups excluding carboxylic acids is 2. The summed E-state index contributed by atoms with van der Waals surface area (Å²) in [7, 11) is 0. The highest BCUT2D eigenvalue weighted by Gasteiger charge is 2.36. The highest BCUT2D eigenvalue weighted by Crippen LogP contribution is 2.32. The lowest BCUT2D eigenvalue weighted by Crippen LogP contribution is -2.40. The number of nitriles is 1. The van der Waals surface area contributed by atoms with Gasteiger partial charge in [-0.1, -0.05) is 12.1 Å². The van der Waals surface area contributed by atoms with Crippen LogP contribution in [0.4, 0.5) is 13.2 Å². The molecule has 1 aromatic rings. The van der Waals surface area contributed by atoms with Crippen LogP contribution in [0, 0.1) is 11.3 Å². The summed E-state index contributed by atoms with van der Waals surface area (Å²) < 4.78 is 39.4. The Morgan fingerprint density at radius 1 is 1.15 bits per heavy atom. The number of carbonyl (C=O) groups is 2. The van der Waals surface area contributed by atoms with Gasteiger partial charge in [-0.15, -0.1) is 0 Å². The number of rotatable bonds is 5. The third-order valence-corrected chi connectivity index (χ3v) is 4.26. The molecule has 2 amide bonds. The van der Waals surface area contributed by atoms with Crippen molar-refractivity contribution in [2.24, 2.45) is 0 Å². The van der Waals surface area contributed by atoms with Crippen LogP contribution in [-0.2, 0) is 11.0 Å². The molecule has 6 nitrogen and oxygen atoms in total. The zero-order valence-corrected chi connectivity index (χ0v) is 14.8. The fourth-order valence-electron chi connectivity index (χ4n) is 2.94. The molecule has 1 fully saturated rings. The number of amides is 2.